The second-order valence-electron chi connectivity index (χ2n) is 3.85. The summed E-state index contributed by atoms with van der Waals surface area (Å²) in [4.78, 5) is 12.0. The van der Waals surface area contributed by atoms with Crippen LogP contribution >= 0.6 is 0 Å². The van der Waals surface area contributed by atoms with E-state index in [-0.39, 0.29) is 0 Å². The smallest absolute Gasteiger partial charge is 0.209 e. The molecule has 0 atom stereocenters. The highest BCUT2D eigenvalue weighted by Gasteiger charge is 2.19. The molecule has 0 aliphatic carbocycles. The summed E-state index contributed by atoms with van der Waals surface area (Å²) < 4.78 is 0. The quantitative estimate of drug-likeness (QED) is 0.561. The highest BCUT2D eigenvalue weighted by atomic mass is 16.1. The van der Waals surface area contributed by atoms with Gasteiger partial charge in [-0.05, 0) is 11.8 Å². The van der Waals surface area contributed by atoms with Crippen molar-refractivity contribution in [3.8, 4) is 0 Å². The molecule has 12 heavy (non-hydrogen) atoms. The molecule has 0 aliphatic heterocycles. The monoisotopic (exact) mass is 171 g/mol. The maximum Gasteiger partial charge on any atom is 0.209 e. The van der Waals surface area contributed by atoms with Crippen molar-refractivity contribution in [2.45, 2.75) is 40.0 Å². The molecule has 0 rings (SSSR count). The first kappa shape index (κ1) is 11.5. The van der Waals surface area contributed by atoms with E-state index in [0.29, 0.717) is 5.41 Å². The van der Waals surface area contributed by atoms with Crippen LogP contribution in [-0.2, 0) is 4.79 Å². The van der Waals surface area contributed by atoms with Crippen molar-refractivity contribution in [2.75, 3.05) is 13.6 Å². The van der Waals surface area contributed by atoms with Crippen LogP contribution in [0.25, 0.3) is 0 Å². The standard InChI is InChI=1S/C10H21NO/c1-5-10(3,6-2)7-8-11(4)9-12/h9H,5-8H2,1-4H3. The van der Waals surface area contributed by atoms with E-state index in [1.807, 2.05) is 7.05 Å². The van der Waals surface area contributed by atoms with Crippen LogP contribution < -0.4 is 0 Å². The van der Waals surface area contributed by atoms with E-state index in [1.165, 1.54) is 12.8 Å². The first-order valence-corrected chi connectivity index (χ1v) is 4.73. The zero-order valence-electron chi connectivity index (χ0n) is 8.76. The average Bonchev–Trinajstić information content (AvgIpc) is 2.13. The molecular formula is C10H21NO. The van der Waals surface area contributed by atoms with E-state index in [1.54, 1.807) is 4.90 Å². The molecule has 0 aromatic heterocycles. The lowest BCUT2D eigenvalue weighted by atomic mass is 9.81. The third-order valence-corrected chi connectivity index (χ3v) is 2.96. The minimum Gasteiger partial charge on any atom is -0.348 e. The van der Waals surface area contributed by atoms with E-state index < -0.39 is 0 Å². The van der Waals surface area contributed by atoms with E-state index >= 15 is 0 Å². The largest absolute Gasteiger partial charge is 0.348 e. The number of hydrogen-bond donors (Lipinski definition) is 0. The van der Waals surface area contributed by atoms with E-state index in [9.17, 15) is 4.79 Å². The molecule has 0 N–H and O–H groups in total. The first-order chi connectivity index (χ1) is 5.58. The zero-order valence-corrected chi connectivity index (χ0v) is 8.76. The molecule has 0 radical (unpaired) electrons. The zero-order chi connectivity index (χ0) is 9.61. The number of carbonyl (C=O) groups is 1. The van der Waals surface area contributed by atoms with Gasteiger partial charge in [0.05, 0.1) is 0 Å². The lowest BCUT2D eigenvalue weighted by Crippen LogP contribution is -2.24. The summed E-state index contributed by atoms with van der Waals surface area (Å²) in [7, 11) is 1.83. The molecule has 0 bridgehead atoms. The number of nitrogens with zero attached hydrogens (tertiary/aromatic N) is 1. The third kappa shape index (κ3) is 3.74. The second kappa shape index (κ2) is 5.18. The minimum absolute atomic E-state index is 0.414. The molecule has 0 saturated carbocycles. The van der Waals surface area contributed by atoms with E-state index in [2.05, 4.69) is 20.8 Å². The maximum absolute atomic E-state index is 10.3. The Hall–Kier alpha value is -0.530. The van der Waals surface area contributed by atoms with Crippen molar-refractivity contribution in [3.05, 3.63) is 0 Å². The Labute approximate surface area is 75.9 Å². The summed E-state index contributed by atoms with van der Waals surface area (Å²) >= 11 is 0. The Bertz CT molecular complexity index is 130. The van der Waals surface area contributed by atoms with Crippen LogP contribution in [0.5, 0.6) is 0 Å². The Balaban J connectivity index is 3.79. The number of amides is 1. The van der Waals surface area contributed by atoms with Gasteiger partial charge in [0.25, 0.3) is 0 Å². The molecule has 0 aliphatic rings. The van der Waals surface area contributed by atoms with Gasteiger partial charge in [0.15, 0.2) is 0 Å². The van der Waals surface area contributed by atoms with Crippen molar-refractivity contribution in [1.82, 2.24) is 4.90 Å². The molecule has 2 nitrogen and oxygen atoms in total. The van der Waals surface area contributed by atoms with Crippen molar-refractivity contribution in [2.24, 2.45) is 5.41 Å². The second-order valence-corrected chi connectivity index (χ2v) is 3.85. The summed E-state index contributed by atoms with van der Waals surface area (Å²) in [5.41, 5.74) is 0.414. The van der Waals surface area contributed by atoms with E-state index in [4.69, 9.17) is 0 Å². The summed E-state index contributed by atoms with van der Waals surface area (Å²) in [5.74, 6) is 0. The van der Waals surface area contributed by atoms with E-state index in [0.717, 1.165) is 19.4 Å². The SMILES string of the molecule is CCC(C)(CC)CCN(C)C=O. The molecular weight excluding hydrogens is 150 g/mol. The fourth-order valence-corrected chi connectivity index (χ4v) is 1.10. The van der Waals surface area contributed by atoms with Gasteiger partial charge in [-0.3, -0.25) is 4.79 Å². The van der Waals surface area contributed by atoms with Gasteiger partial charge in [-0.2, -0.15) is 0 Å². The van der Waals surface area contributed by atoms with Gasteiger partial charge in [-0.1, -0.05) is 33.6 Å². The molecule has 0 heterocycles. The Kier molecular flexibility index (Phi) is 4.95. The van der Waals surface area contributed by atoms with Gasteiger partial charge in [0.1, 0.15) is 0 Å². The minimum atomic E-state index is 0.414. The first-order valence-electron chi connectivity index (χ1n) is 4.73. The molecule has 1 amide bonds. The van der Waals surface area contributed by atoms with Crippen molar-refractivity contribution in [1.29, 1.82) is 0 Å². The predicted octanol–water partition coefficient (Wildman–Crippen LogP) is 2.29. The number of carbonyl (C=O) groups excluding carboxylic acids is 1. The van der Waals surface area contributed by atoms with Crippen LogP contribution in [-0.4, -0.2) is 24.9 Å². The van der Waals surface area contributed by atoms with Crippen molar-refractivity contribution >= 4 is 6.41 Å². The number of rotatable bonds is 6. The Morgan fingerprint density at radius 1 is 1.33 bits per heavy atom. The maximum atomic E-state index is 10.3. The Morgan fingerprint density at radius 3 is 2.17 bits per heavy atom. The van der Waals surface area contributed by atoms with Gasteiger partial charge in [-0.25, -0.2) is 0 Å². The summed E-state index contributed by atoms with van der Waals surface area (Å²) in [6.45, 7) is 7.59. The number of hydrogen-bond acceptors (Lipinski definition) is 1. The van der Waals surface area contributed by atoms with Gasteiger partial charge in [-0.15, -0.1) is 0 Å². The normalized spacial score (nSPS) is 11.3. The lowest BCUT2D eigenvalue weighted by Gasteiger charge is -2.28. The molecule has 2 heteroatoms. The fourth-order valence-electron chi connectivity index (χ4n) is 1.10. The van der Waals surface area contributed by atoms with Crippen LogP contribution in [0, 0.1) is 5.41 Å². The summed E-state index contributed by atoms with van der Waals surface area (Å²) in [6.07, 6.45) is 4.38. The lowest BCUT2D eigenvalue weighted by molar-refractivity contribution is -0.117. The van der Waals surface area contributed by atoms with Crippen molar-refractivity contribution < 1.29 is 4.79 Å². The van der Waals surface area contributed by atoms with Crippen LogP contribution in [0.2, 0.25) is 0 Å². The van der Waals surface area contributed by atoms with Crippen LogP contribution in [0.15, 0.2) is 0 Å². The molecule has 0 saturated heterocycles. The van der Waals surface area contributed by atoms with Gasteiger partial charge < -0.3 is 4.90 Å². The van der Waals surface area contributed by atoms with Crippen molar-refractivity contribution in [3.63, 3.8) is 0 Å². The van der Waals surface area contributed by atoms with Gasteiger partial charge >= 0.3 is 0 Å². The third-order valence-electron chi connectivity index (χ3n) is 2.96. The topological polar surface area (TPSA) is 20.3 Å². The summed E-state index contributed by atoms with van der Waals surface area (Å²) in [5, 5.41) is 0. The highest BCUT2D eigenvalue weighted by Crippen LogP contribution is 2.29. The van der Waals surface area contributed by atoms with Gasteiger partial charge in [0, 0.05) is 13.6 Å². The molecule has 0 spiro atoms. The molecule has 0 unspecified atom stereocenters. The fraction of sp³-hybridized carbons (Fsp3) is 0.900. The molecule has 0 fully saturated rings. The molecule has 72 valence electrons. The Morgan fingerprint density at radius 2 is 1.83 bits per heavy atom. The average molecular weight is 171 g/mol. The molecule has 0 aromatic carbocycles. The van der Waals surface area contributed by atoms with Crippen LogP contribution in [0.3, 0.4) is 0 Å². The summed E-state index contributed by atoms with van der Waals surface area (Å²) in [6, 6.07) is 0. The van der Waals surface area contributed by atoms with Gasteiger partial charge in [0.2, 0.25) is 6.41 Å². The highest BCUT2D eigenvalue weighted by molar-refractivity contribution is 5.46. The van der Waals surface area contributed by atoms with Crippen LogP contribution in [0.1, 0.15) is 40.0 Å². The van der Waals surface area contributed by atoms with Crippen LogP contribution in [0.4, 0.5) is 0 Å². The predicted molar refractivity (Wildman–Crippen MR) is 52.0 cm³/mol. The molecule has 0 aromatic rings.